The van der Waals surface area contributed by atoms with Crippen LogP contribution in [0.15, 0.2) is 45.3 Å². The summed E-state index contributed by atoms with van der Waals surface area (Å²) in [6.07, 6.45) is 2.32. The summed E-state index contributed by atoms with van der Waals surface area (Å²) in [6, 6.07) is 11.8. The zero-order valence-corrected chi connectivity index (χ0v) is 18.8. The van der Waals surface area contributed by atoms with Crippen LogP contribution in [0.3, 0.4) is 0 Å². The minimum absolute atomic E-state index is 0.0104. The fourth-order valence-corrected chi connectivity index (χ4v) is 4.08. The number of benzene rings is 1. The van der Waals surface area contributed by atoms with Crippen molar-refractivity contribution >= 4 is 5.91 Å². The van der Waals surface area contributed by atoms with Gasteiger partial charge in [-0.1, -0.05) is 24.2 Å². The van der Waals surface area contributed by atoms with E-state index in [-0.39, 0.29) is 17.6 Å². The lowest BCUT2D eigenvalue weighted by Crippen LogP contribution is -2.41. The second-order valence-electron chi connectivity index (χ2n) is 8.77. The van der Waals surface area contributed by atoms with Crippen LogP contribution in [0.5, 0.6) is 0 Å². The Kier molecular flexibility index (Phi) is 6.28. The van der Waals surface area contributed by atoms with Crippen molar-refractivity contribution in [2.75, 3.05) is 19.6 Å². The van der Waals surface area contributed by atoms with Crippen molar-refractivity contribution in [1.29, 1.82) is 0 Å². The average molecular weight is 422 g/mol. The van der Waals surface area contributed by atoms with E-state index in [0.29, 0.717) is 12.3 Å². The Morgan fingerprint density at radius 1 is 1.13 bits per heavy atom. The number of furan rings is 1. The molecule has 0 bridgehead atoms. The summed E-state index contributed by atoms with van der Waals surface area (Å²) < 4.78 is 11.4. The predicted octanol–water partition coefficient (Wildman–Crippen LogP) is 5.06. The molecule has 1 aromatic carbocycles. The summed E-state index contributed by atoms with van der Waals surface area (Å²) in [6.45, 7) is 10.8. The molecule has 4 rings (SSSR count). The second-order valence-corrected chi connectivity index (χ2v) is 8.77. The van der Waals surface area contributed by atoms with Gasteiger partial charge in [0.05, 0.1) is 6.04 Å². The van der Waals surface area contributed by atoms with Crippen molar-refractivity contribution < 1.29 is 13.7 Å². The van der Waals surface area contributed by atoms with E-state index < -0.39 is 0 Å². The standard InChI is InChI=1S/C25H31N3O3/c1-16-9-11-28(12-10-16)22(23-8-6-19(4)30-23)15-26-25(29)21-14-24(31-27-21)20-7-5-17(2)18(3)13-20/h5-8,13-14,16,22H,9-12,15H2,1-4H3,(H,26,29)/t22-/m1/s1. The van der Waals surface area contributed by atoms with E-state index in [1.54, 1.807) is 6.07 Å². The van der Waals surface area contributed by atoms with Crippen molar-refractivity contribution in [2.24, 2.45) is 5.92 Å². The molecule has 1 aliphatic heterocycles. The first-order chi connectivity index (χ1) is 14.9. The Morgan fingerprint density at radius 2 is 1.90 bits per heavy atom. The normalized spacial score (nSPS) is 16.4. The van der Waals surface area contributed by atoms with Gasteiger partial charge in [0.1, 0.15) is 11.5 Å². The van der Waals surface area contributed by atoms with E-state index in [9.17, 15) is 4.79 Å². The Hall–Kier alpha value is -2.86. The second kappa shape index (κ2) is 9.10. The van der Waals surface area contributed by atoms with Gasteiger partial charge in [-0.15, -0.1) is 0 Å². The first-order valence-corrected chi connectivity index (χ1v) is 11.0. The highest BCUT2D eigenvalue weighted by Gasteiger charge is 2.27. The molecular formula is C25H31N3O3. The number of aryl methyl sites for hydroxylation is 3. The zero-order valence-electron chi connectivity index (χ0n) is 18.8. The van der Waals surface area contributed by atoms with Crippen LogP contribution < -0.4 is 5.32 Å². The highest BCUT2D eigenvalue weighted by Crippen LogP contribution is 2.28. The highest BCUT2D eigenvalue weighted by molar-refractivity contribution is 5.93. The van der Waals surface area contributed by atoms with Gasteiger partial charge in [0, 0.05) is 18.2 Å². The molecule has 0 spiro atoms. The molecule has 1 N–H and O–H groups in total. The fourth-order valence-electron chi connectivity index (χ4n) is 4.08. The Morgan fingerprint density at radius 3 is 2.58 bits per heavy atom. The molecule has 6 heteroatoms. The van der Waals surface area contributed by atoms with Gasteiger partial charge < -0.3 is 14.3 Å². The Bertz CT molecular complexity index is 1040. The summed E-state index contributed by atoms with van der Waals surface area (Å²) in [7, 11) is 0. The summed E-state index contributed by atoms with van der Waals surface area (Å²) in [5, 5.41) is 7.04. The van der Waals surface area contributed by atoms with Crippen molar-refractivity contribution in [3.63, 3.8) is 0 Å². The number of likely N-dealkylation sites (tertiary alicyclic amines) is 1. The molecule has 0 unspecified atom stereocenters. The van der Waals surface area contributed by atoms with E-state index in [1.165, 1.54) is 11.1 Å². The molecule has 1 saturated heterocycles. The molecule has 1 fully saturated rings. The number of amides is 1. The maximum absolute atomic E-state index is 12.8. The number of hydrogen-bond acceptors (Lipinski definition) is 5. The van der Waals surface area contributed by atoms with Crippen molar-refractivity contribution in [1.82, 2.24) is 15.4 Å². The van der Waals surface area contributed by atoms with E-state index in [2.05, 4.69) is 36.1 Å². The van der Waals surface area contributed by atoms with Gasteiger partial charge >= 0.3 is 0 Å². The lowest BCUT2D eigenvalue weighted by Gasteiger charge is -2.35. The smallest absolute Gasteiger partial charge is 0.273 e. The summed E-state index contributed by atoms with van der Waals surface area (Å²) in [5.74, 6) is 2.87. The molecule has 1 atom stereocenters. The molecule has 0 aliphatic carbocycles. The monoisotopic (exact) mass is 421 g/mol. The van der Waals surface area contributed by atoms with Crippen LogP contribution in [-0.4, -0.2) is 35.6 Å². The van der Waals surface area contributed by atoms with E-state index in [0.717, 1.165) is 48.9 Å². The number of nitrogens with one attached hydrogen (secondary N) is 1. The van der Waals surface area contributed by atoms with E-state index >= 15 is 0 Å². The van der Waals surface area contributed by atoms with Crippen LogP contribution in [0.25, 0.3) is 11.3 Å². The molecule has 1 aliphatic rings. The molecule has 6 nitrogen and oxygen atoms in total. The largest absolute Gasteiger partial charge is 0.465 e. The van der Waals surface area contributed by atoms with Crippen LogP contribution in [0.1, 0.15) is 58.9 Å². The minimum atomic E-state index is -0.238. The molecule has 31 heavy (non-hydrogen) atoms. The van der Waals surface area contributed by atoms with Crippen LogP contribution in [0.4, 0.5) is 0 Å². The van der Waals surface area contributed by atoms with Crippen molar-refractivity contribution in [2.45, 2.75) is 46.6 Å². The summed E-state index contributed by atoms with van der Waals surface area (Å²) >= 11 is 0. The van der Waals surface area contributed by atoms with Crippen LogP contribution >= 0.6 is 0 Å². The minimum Gasteiger partial charge on any atom is -0.465 e. The Labute approximate surface area is 183 Å². The molecule has 0 saturated carbocycles. The van der Waals surface area contributed by atoms with Gasteiger partial charge in [-0.2, -0.15) is 0 Å². The van der Waals surface area contributed by atoms with Gasteiger partial charge in [0.2, 0.25) is 0 Å². The molecular weight excluding hydrogens is 390 g/mol. The predicted molar refractivity (Wildman–Crippen MR) is 120 cm³/mol. The van der Waals surface area contributed by atoms with E-state index in [4.69, 9.17) is 8.94 Å². The van der Waals surface area contributed by atoms with E-state index in [1.807, 2.05) is 37.3 Å². The first kappa shape index (κ1) is 21.4. The Balaban J connectivity index is 1.45. The molecule has 3 heterocycles. The maximum atomic E-state index is 12.8. The third kappa shape index (κ3) is 4.90. The molecule has 0 radical (unpaired) electrons. The quantitative estimate of drug-likeness (QED) is 0.602. The van der Waals surface area contributed by atoms with Gasteiger partial charge in [-0.25, -0.2) is 0 Å². The molecule has 2 aromatic heterocycles. The first-order valence-electron chi connectivity index (χ1n) is 11.0. The maximum Gasteiger partial charge on any atom is 0.273 e. The number of aromatic nitrogens is 1. The molecule has 1 amide bonds. The number of carbonyl (C=O) groups is 1. The topological polar surface area (TPSA) is 71.5 Å². The van der Waals surface area contributed by atoms with Crippen LogP contribution in [-0.2, 0) is 0 Å². The van der Waals surface area contributed by atoms with Crippen molar-refractivity contribution in [3.8, 4) is 11.3 Å². The number of rotatable bonds is 6. The van der Waals surface area contributed by atoms with Gasteiger partial charge in [-0.3, -0.25) is 9.69 Å². The summed E-state index contributed by atoms with van der Waals surface area (Å²) in [4.78, 5) is 15.2. The van der Waals surface area contributed by atoms with Crippen molar-refractivity contribution in [3.05, 3.63) is 64.7 Å². The lowest BCUT2D eigenvalue weighted by atomic mass is 9.97. The molecule has 3 aromatic rings. The summed E-state index contributed by atoms with van der Waals surface area (Å²) in [5.41, 5.74) is 3.59. The van der Waals surface area contributed by atoms with Crippen LogP contribution in [0, 0.1) is 26.7 Å². The fraction of sp³-hybridized carbons (Fsp3) is 0.440. The number of carbonyl (C=O) groups excluding carboxylic acids is 1. The van der Waals surface area contributed by atoms with Gasteiger partial charge in [0.25, 0.3) is 5.91 Å². The van der Waals surface area contributed by atoms with Crippen LogP contribution in [0.2, 0.25) is 0 Å². The average Bonchev–Trinajstić information content (AvgIpc) is 3.41. The van der Waals surface area contributed by atoms with Gasteiger partial charge in [0.15, 0.2) is 11.5 Å². The lowest BCUT2D eigenvalue weighted by molar-refractivity contribution is 0.0887. The number of nitrogens with zero attached hydrogens (tertiary/aromatic N) is 2. The number of piperidine rings is 1. The molecule has 164 valence electrons. The highest BCUT2D eigenvalue weighted by atomic mass is 16.5. The van der Waals surface area contributed by atoms with Gasteiger partial charge in [-0.05, 0) is 81.9 Å². The number of hydrogen-bond donors (Lipinski definition) is 1. The third-order valence-corrected chi connectivity index (χ3v) is 6.34. The SMILES string of the molecule is Cc1ccc([C@@H](CNC(=O)c2cc(-c3ccc(C)c(C)c3)on2)N2CCC(C)CC2)o1. The zero-order chi connectivity index (χ0) is 22.0. The third-order valence-electron chi connectivity index (χ3n) is 6.34.